The van der Waals surface area contributed by atoms with Gasteiger partial charge in [-0.05, 0) is 41.3 Å². The van der Waals surface area contributed by atoms with Crippen LogP contribution in [0, 0.1) is 11.2 Å². The molecule has 5 rings (SSSR count). The summed E-state index contributed by atoms with van der Waals surface area (Å²) in [5.74, 6) is -0.944. The fraction of sp³-hybridized carbons (Fsp3) is 0.280. The Labute approximate surface area is 218 Å². The highest BCUT2D eigenvalue weighted by atomic mass is 32.2. The molecule has 3 aromatic rings. The summed E-state index contributed by atoms with van der Waals surface area (Å²) in [5, 5.41) is 2.91. The van der Waals surface area contributed by atoms with Crippen LogP contribution in [0.5, 0.6) is 0 Å². The van der Waals surface area contributed by atoms with Crippen molar-refractivity contribution >= 4 is 42.8 Å². The van der Waals surface area contributed by atoms with Gasteiger partial charge in [-0.25, -0.2) is 26.0 Å². The minimum atomic E-state index is -4.51. The van der Waals surface area contributed by atoms with Crippen molar-refractivity contribution in [3.63, 3.8) is 0 Å². The average molecular weight is 562 g/mol. The molecule has 38 heavy (non-hydrogen) atoms. The number of sulfonamides is 1. The summed E-state index contributed by atoms with van der Waals surface area (Å²) >= 11 is 0. The minimum absolute atomic E-state index is 0.0139. The molecule has 0 spiro atoms. The Morgan fingerprint density at radius 3 is 2.37 bits per heavy atom. The van der Waals surface area contributed by atoms with Gasteiger partial charge in [-0.15, -0.1) is 0 Å². The van der Waals surface area contributed by atoms with Gasteiger partial charge in [0.15, 0.2) is 4.90 Å². The second-order valence-electron chi connectivity index (χ2n) is 10.4. The molecule has 2 aromatic carbocycles. The van der Waals surface area contributed by atoms with E-state index in [0.29, 0.717) is 5.56 Å². The van der Waals surface area contributed by atoms with Crippen molar-refractivity contribution in [3.05, 3.63) is 75.6 Å². The molecule has 2 N–H and O–H groups in total. The van der Waals surface area contributed by atoms with Crippen LogP contribution in [0.4, 0.5) is 21.5 Å². The summed E-state index contributed by atoms with van der Waals surface area (Å²) in [5.41, 5.74) is -1.34. The van der Waals surface area contributed by atoms with Crippen LogP contribution in [0.3, 0.4) is 0 Å². The molecule has 0 radical (unpaired) electrons. The first-order chi connectivity index (χ1) is 17.6. The zero-order chi connectivity index (χ0) is 27.8. The van der Waals surface area contributed by atoms with Crippen molar-refractivity contribution in [2.75, 3.05) is 16.3 Å². The number of hydrogen-bond donors (Lipinski definition) is 2. The van der Waals surface area contributed by atoms with Crippen LogP contribution >= 0.6 is 0 Å². The fourth-order valence-corrected chi connectivity index (χ4v) is 7.04. The van der Waals surface area contributed by atoms with Gasteiger partial charge in [-0.2, -0.15) is 0 Å². The van der Waals surface area contributed by atoms with Gasteiger partial charge in [-0.1, -0.05) is 32.9 Å². The van der Waals surface area contributed by atoms with E-state index in [1.807, 2.05) is 20.8 Å². The summed E-state index contributed by atoms with van der Waals surface area (Å²) in [6.45, 7) is 5.63. The van der Waals surface area contributed by atoms with Crippen molar-refractivity contribution in [3.8, 4) is 0 Å². The molecule has 0 saturated heterocycles. The molecular formula is C25H24FN3O7S2. The number of carbonyl (C=O) groups excluding carboxylic acids is 1. The van der Waals surface area contributed by atoms with Crippen LogP contribution in [0.25, 0.3) is 0 Å². The maximum absolute atomic E-state index is 13.8. The van der Waals surface area contributed by atoms with Gasteiger partial charge in [0.1, 0.15) is 17.1 Å². The topological polar surface area (TPSA) is 143 Å². The van der Waals surface area contributed by atoms with E-state index in [9.17, 15) is 30.8 Å². The number of anilines is 3. The smallest absolute Gasteiger partial charge is 0.357 e. The number of sulfone groups is 1. The van der Waals surface area contributed by atoms with Gasteiger partial charge in [0.2, 0.25) is 19.9 Å². The highest BCUT2D eigenvalue weighted by Crippen LogP contribution is 2.50. The normalized spacial score (nSPS) is 17.9. The quantitative estimate of drug-likeness (QED) is 0.383. The first-order valence-electron chi connectivity index (χ1n) is 11.5. The molecule has 0 fully saturated rings. The van der Waals surface area contributed by atoms with Crippen LogP contribution in [0.15, 0.2) is 61.5 Å². The van der Waals surface area contributed by atoms with Gasteiger partial charge in [0.25, 0.3) is 5.91 Å². The third-order valence-electron chi connectivity index (χ3n) is 6.34. The Morgan fingerprint density at radius 1 is 1.11 bits per heavy atom. The predicted octanol–water partition coefficient (Wildman–Crippen LogP) is 3.78. The number of nitrogens with one attached hydrogen (secondary N) is 2. The van der Waals surface area contributed by atoms with Gasteiger partial charge in [0, 0.05) is 12.2 Å². The number of benzene rings is 2. The van der Waals surface area contributed by atoms with Crippen LogP contribution in [-0.4, -0.2) is 33.9 Å². The summed E-state index contributed by atoms with van der Waals surface area (Å²) in [7, 11) is -8.20. The molecule has 2 aliphatic rings. The van der Waals surface area contributed by atoms with E-state index in [1.54, 1.807) is 0 Å². The molecule has 1 amide bonds. The lowest BCUT2D eigenvalue weighted by Crippen LogP contribution is -2.35. The number of rotatable bonds is 4. The number of halogens is 1. The van der Waals surface area contributed by atoms with Crippen LogP contribution in [-0.2, 0) is 26.4 Å². The number of nitrogens with zero attached hydrogens (tertiary/aromatic N) is 1. The van der Waals surface area contributed by atoms with E-state index in [4.69, 9.17) is 4.42 Å². The van der Waals surface area contributed by atoms with Gasteiger partial charge < -0.3 is 14.6 Å². The molecule has 0 aliphatic carbocycles. The molecule has 0 saturated carbocycles. The molecule has 2 aliphatic heterocycles. The molecule has 1 aromatic heterocycles. The maximum Gasteiger partial charge on any atom is 0.357 e. The maximum atomic E-state index is 13.8. The molecule has 3 heterocycles. The summed E-state index contributed by atoms with van der Waals surface area (Å²) in [4.78, 5) is 27.4. The van der Waals surface area contributed by atoms with E-state index in [2.05, 4.69) is 10.0 Å². The SMILES string of the molecule is CC(C)(C)C1c2oc(=O)c3c(c2C(=O)N1Cc1ccc(F)cc1)Nc1ccc(NS(C)(=O)=O)cc1S3(=O)=O. The third kappa shape index (κ3) is 4.25. The Bertz CT molecular complexity index is 1770. The lowest BCUT2D eigenvalue weighted by Gasteiger charge is -2.34. The number of hydrogen-bond acceptors (Lipinski definition) is 8. The van der Waals surface area contributed by atoms with Gasteiger partial charge in [0.05, 0.1) is 28.6 Å². The summed E-state index contributed by atoms with van der Waals surface area (Å²) < 4.78 is 71.7. The van der Waals surface area contributed by atoms with E-state index >= 15 is 0 Å². The lowest BCUT2D eigenvalue weighted by atomic mass is 9.84. The van der Waals surface area contributed by atoms with Gasteiger partial charge >= 0.3 is 5.63 Å². The first-order valence-corrected chi connectivity index (χ1v) is 14.9. The highest BCUT2D eigenvalue weighted by Gasteiger charge is 2.50. The van der Waals surface area contributed by atoms with E-state index < -0.39 is 53.6 Å². The highest BCUT2D eigenvalue weighted by molar-refractivity contribution is 7.92. The van der Waals surface area contributed by atoms with E-state index in [-0.39, 0.29) is 39.8 Å². The van der Waals surface area contributed by atoms with Crippen molar-refractivity contribution < 1.29 is 30.4 Å². The Hall–Kier alpha value is -3.71. The molecule has 10 nitrogen and oxygen atoms in total. The molecule has 1 unspecified atom stereocenters. The van der Waals surface area contributed by atoms with Crippen LogP contribution in [0.2, 0.25) is 0 Å². The Kier molecular flexibility index (Phi) is 5.73. The molecule has 13 heteroatoms. The standard InChI is InChI=1S/C25H24FN3O7S2/c1-25(2,3)22-20-18(23(30)29(22)12-13-5-7-14(26)8-6-13)19-21(24(31)36-20)38(34,35)17-11-15(28-37(4,32)33)9-10-16(17)27-19/h5-11,22,27-28H,12H2,1-4H3. The predicted molar refractivity (Wildman–Crippen MR) is 137 cm³/mol. The Morgan fingerprint density at radius 2 is 1.76 bits per heavy atom. The van der Waals surface area contributed by atoms with Crippen molar-refractivity contribution in [1.29, 1.82) is 0 Å². The zero-order valence-electron chi connectivity index (χ0n) is 20.8. The van der Waals surface area contributed by atoms with Crippen LogP contribution < -0.4 is 15.7 Å². The largest absolute Gasteiger partial charge is 0.424 e. The first kappa shape index (κ1) is 25.9. The second-order valence-corrected chi connectivity index (χ2v) is 14.0. The lowest BCUT2D eigenvalue weighted by molar-refractivity contribution is 0.0532. The van der Waals surface area contributed by atoms with E-state index in [1.165, 1.54) is 41.3 Å². The van der Waals surface area contributed by atoms with Crippen molar-refractivity contribution in [2.24, 2.45) is 5.41 Å². The molecular weight excluding hydrogens is 537 g/mol. The monoisotopic (exact) mass is 561 g/mol. The summed E-state index contributed by atoms with van der Waals surface area (Å²) in [6, 6.07) is 8.70. The van der Waals surface area contributed by atoms with Crippen LogP contribution in [0.1, 0.15) is 48.5 Å². The van der Waals surface area contributed by atoms with Crippen molar-refractivity contribution in [2.45, 2.75) is 43.1 Å². The molecule has 200 valence electrons. The minimum Gasteiger partial charge on any atom is -0.424 e. The second kappa shape index (κ2) is 8.40. The number of fused-ring (bicyclic) bond motifs is 4. The number of carbonyl (C=O) groups is 1. The third-order valence-corrected chi connectivity index (χ3v) is 8.77. The fourth-order valence-electron chi connectivity index (χ4n) is 4.89. The van der Waals surface area contributed by atoms with Crippen molar-refractivity contribution in [1.82, 2.24) is 4.90 Å². The molecule has 1 atom stereocenters. The summed E-state index contributed by atoms with van der Waals surface area (Å²) in [6.07, 6.45) is 0.918. The Balaban J connectivity index is 1.68. The molecule has 0 bridgehead atoms. The average Bonchev–Trinajstić information content (AvgIpc) is 3.06. The zero-order valence-corrected chi connectivity index (χ0v) is 22.5. The van der Waals surface area contributed by atoms with E-state index in [0.717, 1.165) is 12.3 Å². The number of amides is 1. The van der Waals surface area contributed by atoms with Gasteiger partial charge in [-0.3, -0.25) is 9.52 Å².